The average molecular weight is 379 g/mol. The Labute approximate surface area is 136 Å². The summed E-state index contributed by atoms with van der Waals surface area (Å²) in [5.41, 5.74) is 0. The van der Waals surface area contributed by atoms with E-state index in [1.54, 1.807) is 18.2 Å². The molecule has 0 fully saturated rings. The number of hydrogen-bond donors (Lipinski definition) is 0. The summed E-state index contributed by atoms with van der Waals surface area (Å²) in [5, 5.41) is 0. The largest absolute Gasteiger partial charge is 0.495 e. The molecule has 1 rings (SSSR count). The summed E-state index contributed by atoms with van der Waals surface area (Å²) in [6, 6.07) is 4.87. The standard InChI is InChI=1S/C14H23BrN2O3S/c1-6-17(11(2)10-16(3)4)21(18,19)14-9-12(15)7-8-13(14)20-5/h7-9,11H,6,10H2,1-5H3. The molecule has 1 aromatic carbocycles. The highest BCUT2D eigenvalue weighted by Gasteiger charge is 2.30. The average Bonchev–Trinajstić information content (AvgIpc) is 2.38. The molecule has 0 aliphatic carbocycles. The minimum atomic E-state index is -3.61. The first-order chi connectivity index (χ1) is 9.73. The Balaban J connectivity index is 3.27. The van der Waals surface area contributed by atoms with Gasteiger partial charge in [-0.2, -0.15) is 4.31 Å². The van der Waals surface area contributed by atoms with E-state index in [4.69, 9.17) is 4.74 Å². The Morgan fingerprint density at radius 3 is 2.43 bits per heavy atom. The van der Waals surface area contributed by atoms with Crippen LogP contribution in [0.5, 0.6) is 5.75 Å². The summed E-state index contributed by atoms with van der Waals surface area (Å²) in [6.45, 7) is 4.82. The van der Waals surface area contributed by atoms with Crippen LogP contribution in [0.3, 0.4) is 0 Å². The van der Waals surface area contributed by atoms with E-state index in [2.05, 4.69) is 15.9 Å². The van der Waals surface area contributed by atoms with Gasteiger partial charge in [0.15, 0.2) is 0 Å². The van der Waals surface area contributed by atoms with Crippen LogP contribution in [-0.4, -0.2) is 58.0 Å². The summed E-state index contributed by atoms with van der Waals surface area (Å²) >= 11 is 3.32. The molecule has 1 atom stereocenters. The minimum absolute atomic E-state index is 0.126. The fourth-order valence-electron chi connectivity index (χ4n) is 2.32. The van der Waals surface area contributed by atoms with Gasteiger partial charge in [0.1, 0.15) is 10.6 Å². The highest BCUT2D eigenvalue weighted by atomic mass is 79.9. The second kappa shape index (κ2) is 7.58. The second-order valence-corrected chi connectivity index (χ2v) is 7.89. The van der Waals surface area contributed by atoms with Gasteiger partial charge in [0, 0.05) is 23.6 Å². The topological polar surface area (TPSA) is 49.9 Å². The molecule has 0 aliphatic rings. The summed E-state index contributed by atoms with van der Waals surface area (Å²) < 4.78 is 33.3. The maximum atomic E-state index is 12.9. The number of nitrogens with zero attached hydrogens (tertiary/aromatic N) is 2. The third-order valence-electron chi connectivity index (χ3n) is 3.14. The zero-order valence-electron chi connectivity index (χ0n) is 13.1. The van der Waals surface area contributed by atoms with Gasteiger partial charge in [-0.3, -0.25) is 0 Å². The van der Waals surface area contributed by atoms with Crippen LogP contribution in [0.15, 0.2) is 27.6 Å². The molecule has 21 heavy (non-hydrogen) atoms. The first kappa shape index (κ1) is 18.4. The zero-order valence-corrected chi connectivity index (χ0v) is 15.5. The van der Waals surface area contributed by atoms with Crippen molar-refractivity contribution in [3.63, 3.8) is 0 Å². The Hall–Kier alpha value is -0.630. The van der Waals surface area contributed by atoms with Gasteiger partial charge < -0.3 is 9.64 Å². The van der Waals surface area contributed by atoms with E-state index in [9.17, 15) is 8.42 Å². The van der Waals surface area contributed by atoms with Gasteiger partial charge >= 0.3 is 0 Å². The van der Waals surface area contributed by atoms with E-state index in [-0.39, 0.29) is 10.9 Å². The number of halogens is 1. The molecule has 120 valence electrons. The third-order valence-corrected chi connectivity index (χ3v) is 5.75. The number of sulfonamides is 1. The predicted octanol–water partition coefficient (Wildman–Crippen LogP) is 2.42. The van der Waals surface area contributed by atoms with Gasteiger partial charge in [-0.1, -0.05) is 22.9 Å². The maximum Gasteiger partial charge on any atom is 0.247 e. The molecule has 0 aromatic heterocycles. The predicted molar refractivity (Wildman–Crippen MR) is 88.3 cm³/mol. The molecule has 7 heteroatoms. The molecule has 0 heterocycles. The van der Waals surface area contributed by atoms with Crippen molar-refractivity contribution in [3.8, 4) is 5.75 Å². The van der Waals surface area contributed by atoms with Crippen LogP contribution in [-0.2, 0) is 10.0 Å². The highest BCUT2D eigenvalue weighted by Crippen LogP contribution is 2.30. The van der Waals surface area contributed by atoms with E-state index in [0.29, 0.717) is 23.3 Å². The lowest BCUT2D eigenvalue weighted by Crippen LogP contribution is -2.43. The Bertz CT molecular complexity index is 576. The molecule has 0 radical (unpaired) electrons. The van der Waals surface area contributed by atoms with Crippen LogP contribution in [0, 0.1) is 0 Å². The van der Waals surface area contributed by atoms with E-state index in [1.165, 1.54) is 11.4 Å². The molecular formula is C14H23BrN2O3S. The number of likely N-dealkylation sites (N-methyl/N-ethyl adjacent to an activating group) is 2. The highest BCUT2D eigenvalue weighted by molar-refractivity contribution is 9.10. The van der Waals surface area contributed by atoms with Gasteiger partial charge in [0.25, 0.3) is 0 Å². The molecular weight excluding hydrogens is 356 g/mol. The van der Waals surface area contributed by atoms with Gasteiger partial charge in [-0.15, -0.1) is 0 Å². The van der Waals surface area contributed by atoms with Crippen molar-refractivity contribution in [2.45, 2.75) is 24.8 Å². The number of ether oxygens (including phenoxy) is 1. The van der Waals surface area contributed by atoms with Gasteiger partial charge in [0.2, 0.25) is 10.0 Å². The van der Waals surface area contributed by atoms with E-state index >= 15 is 0 Å². The van der Waals surface area contributed by atoms with E-state index in [0.717, 1.165) is 0 Å². The lowest BCUT2D eigenvalue weighted by atomic mass is 10.3. The zero-order chi connectivity index (χ0) is 16.2. The fraction of sp³-hybridized carbons (Fsp3) is 0.571. The van der Waals surface area contributed by atoms with Crippen LogP contribution in [0.2, 0.25) is 0 Å². The minimum Gasteiger partial charge on any atom is -0.495 e. The number of benzene rings is 1. The van der Waals surface area contributed by atoms with Crippen molar-refractivity contribution in [1.82, 2.24) is 9.21 Å². The normalized spacial score (nSPS) is 13.7. The lowest BCUT2D eigenvalue weighted by Gasteiger charge is -2.29. The van der Waals surface area contributed by atoms with Gasteiger partial charge in [-0.25, -0.2) is 8.42 Å². The molecule has 0 amide bonds. The fourth-order valence-corrected chi connectivity index (χ4v) is 4.64. The number of hydrogen-bond acceptors (Lipinski definition) is 4. The molecule has 0 N–H and O–H groups in total. The second-order valence-electron chi connectivity index (χ2n) is 5.11. The van der Waals surface area contributed by atoms with Gasteiger partial charge in [0.05, 0.1) is 7.11 Å². The van der Waals surface area contributed by atoms with Crippen molar-refractivity contribution in [1.29, 1.82) is 0 Å². The number of rotatable bonds is 7. The molecule has 0 saturated carbocycles. The molecule has 0 bridgehead atoms. The van der Waals surface area contributed by atoms with Crippen LogP contribution in [0.25, 0.3) is 0 Å². The SMILES string of the molecule is CCN(C(C)CN(C)C)S(=O)(=O)c1cc(Br)ccc1OC. The smallest absolute Gasteiger partial charge is 0.247 e. The molecule has 0 saturated heterocycles. The monoisotopic (exact) mass is 378 g/mol. The Morgan fingerprint density at radius 2 is 1.95 bits per heavy atom. The van der Waals surface area contributed by atoms with Crippen LogP contribution >= 0.6 is 15.9 Å². The Kier molecular flexibility index (Phi) is 6.65. The summed E-state index contributed by atoms with van der Waals surface area (Å²) in [4.78, 5) is 2.16. The van der Waals surface area contributed by atoms with Crippen LogP contribution in [0.4, 0.5) is 0 Å². The summed E-state index contributed by atoms with van der Waals surface area (Å²) in [5.74, 6) is 0.355. The van der Waals surface area contributed by atoms with Crippen molar-refractivity contribution >= 4 is 26.0 Å². The molecule has 1 aromatic rings. The molecule has 0 aliphatic heterocycles. The number of methoxy groups -OCH3 is 1. The van der Waals surface area contributed by atoms with E-state index in [1.807, 2.05) is 32.8 Å². The summed E-state index contributed by atoms with van der Waals surface area (Å²) in [6.07, 6.45) is 0. The quantitative estimate of drug-likeness (QED) is 0.730. The van der Waals surface area contributed by atoms with Crippen molar-refractivity contribution in [3.05, 3.63) is 22.7 Å². The first-order valence-electron chi connectivity index (χ1n) is 6.74. The lowest BCUT2D eigenvalue weighted by molar-refractivity contribution is 0.270. The Morgan fingerprint density at radius 1 is 1.33 bits per heavy atom. The molecule has 1 unspecified atom stereocenters. The molecule has 5 nitrogen and oxygen atoms in total. The van der Waals surface area contributed by atoms with Crippen molar-refractivity contribution in [2.24, 2.45) is 0 Å². The maximum absolute atomic E-state index is 12.9. The van der Waals surface area contributed by atoms with Crippen LogP contribution < -0.4 is 4.74 Å². The van der Waals surface area contributed by atoms with Gasteiger partial charge in [-0.05, 0) is 39.2 Å². The van der Waals surface area contributed by atoms with Crippen molar-refractivity contribution < 1.29 is 13.2 Å². The summed E-state index contributed by atoms with van der Waals surface area (Å²) in [7, 11) is 1.72. The van der Waals surface area contributed by atoms with Crippen molar-refractivity contribution in [2.75, 3.05) is 34.3 Å². The first-order valence-corrected chi connectivity index (χ1v) is 8.97. The third kappa shape index (κ3) is 4.42. The van der Waals surface area contributed by atoms with E-state index < -0.39 is 10.0 Å². The van der Waals surface area contributed by atoms with Crippen LogP contribution in [0.1, 0.15) is 13.8 Å². The molecule has 0 spiro atoms.